The number of allylic oxidation sites excluding steroid dienone is 3. The Balaban J connectivity index is 1.46. The summed E-state index contributed by atoms with van der Waals surface area (Å²) in [4.78, 5) is 24.4. The number of benzene rings is 1. The molecule has 2 aromatic rings. The number of rotatable bonds is 5. The van der Waals surface area contributed by atoms with Crippen molar-refractivity contribution in [2.45, 2.75) is 19.4 Å². The highest BCUT2D eigenvalue weighted by atomic mass is 16.5. The first-order chi connectivity index (χ1) is 14.5. The van der Waals surface area contributed by atoms with Crippen LogP contribution in [-0.4, -0.2) is 35.9 Å². The Bertz CT molecular complexity index is 1150. The number of hydrogen-bond acceptors (Lipinski definition) is 6. The summed E-state index contributed by atoms with van der Waals surface area (Å²) < 4.78 is 17.8. The van der Waals surface area contributed by atoms with Crippen LogP contribution in [0.4, 0.5) is 0 Å². The Hall–Kier alpha value is -3.61. The van der Waals surface area contributed by atoms with Gasteiger partial charge in [0.15, 0.2) is 35.0 Å². The first-order valence-corrected chi connectivity index (χ1v) is 9.56. The zero-order chi connectivity index (χ0) is 21.3. The third kappa shape index (κ3) is 3.78. The molecule has 1 aromatic heterocycles. The molecule has 1 aliphatic heterocycles. The quantitative estimate of drug-likeness (QED) is 0.766. The molecular weight excluding hydrogens is 386 g/mol. The van der Waals surface area contributed by atoms with Gasteiger partial charge in [-0.3, -0.25) is 9.59 Å². The molecule has 7 heteroatoms. The fourth-order valence-electron chi connectivity index (χ4n) is 3.73. The van der Waals surface area contributed by atoms with Crippen LogP contribution in [0.25, 0.3) is 0 Å². The molecule has 0 radical (unpaired) electrons. The minimum Gasteiger partial charge on any atom is -0.502 e. The van der Waals surface area contributed by atoms with Crippen LogP contribution >= 0.6 is 0 Å². The van der Waals surface area contributed by atoms with Gasteiger partial charge in [0.05, 0.1) is 20.6 Å². The number of Topliss-reactive ketones (excluding diaryl/α,β-unsaturated/α-hetero) is 1. The van der Waals surface area contributed by atoms with Crippen LogP contribution in [0.2, 0.25) is 0 Å². The minimum absolute atomic E-state index is 0.0835. The van der Waals surface area contributed by atoms with Crippen LogP contribution in [0.1, 0.15) is 28.1 Å². The first kappa shape index (κ1) is 19.7. The first-order valence-electron chi connectivity index (χ1n) is 9.56. The van der Waals surface area contributed by atoms with Gasteiger partial charge in [-0.2, -0.15) is 0 Å². The molecule has 1 aromatic carbocycles. The molecule has 30 heavy (non-hydrogen) atoms. The zero-order valence-electron chi connectivity index (χ0n) is 16.8. The van der Waals surface area contributed by atoms with E-state index in [0.717, 1.165) is 17.4 Å². The van der Waals surface area contributed by atoms with Gasteiger partial charge in [-0.25, -0.2) is 4.58 Å². The topological polar surface area (TPSA) is 89.0 Å². The Labute approximate surface area is 173 Å². The van der Waals surface area contributed by atoms with Crippen molar-refractivity contribution in [1.29, 1.82) is 0 Å². The Morgan fingerprint density at radius 2 is 1.97 bits per heavy atom. The molecule has 154 valence electrons. The second-order valence-corrected chi connectivity index (χ2v) is 7.25. The third-order valence-corrected chi connectivity index (χ3v) is 5.31. The van der Waals surface area contributed by atoms with E-state index in [1.54, 1.807) is 20.3 Å². The molecule has 4 rings (SSSR count). The van der Waals surface area contributed by atoms with Crippen molar-refractivity contribution in [3.05, 3.63) is 75.5 Å². The highest BCUT2D eigenvalue weighted by Crippen LogP contribution is 2.37. The van der Waals surface area contributed by atoms with Crippen LogP contribution in [0.15, 0.2) is 57.6 Å². The Morgan fingerprint density at radius 3 is 2.63 bits per heavy atom. The number of aromatic hydroxyl groups is 1. The molecule has 1 aliphatic carbocycles. The summed E-state index contributed by atoms with van der Waals surface area (Å²) >= 11 is 0. The number of methoxy groups -OCH3 is 2. The molecule has 2 aliphatic rings. The maximum atomic E-state index is 12.9. The molecule has 7 nitrogen and oxygen atoms in total. The van der Waals surface area contributed by atoms with E-state index in [1.807, 2.05) is 35.2 Å². The Kier molecular flexibility index (Phi) is 5.27. The summed E-state index contributed by atoms with van der Waals surface area (Å²) in [5.41, 5.74) is 2.23. The van der Waals surface area contributed by atoms with Crippen LogP contribution in [0.5, 0.6) is 17.2 Å². The van der Waals surface area contributed by atoms with Crippen molar-refractivity contribution in [3.63, 3.8) is 0 Å². The number of ketones is 1. The summed E-state index contributed by atoms with van der Waals surface area (Å²) in [6, 6.07) is 4.91. The molecule has 1 N–H and O–H groups in total. The van der Waals surface area contributed by atoms with Crippen LogP contribution in [0, 0.1) is 5.92 Å². The van der Waals surface area contributed by atoms with E-state index in [-0.39, 0.29) is 11.7 Å². The Morgan fingerprint density at radius 1 is 1.20 bits per heavy atom. The van der Waals surface area contributed by atoms with E-state index in [9.17, 15) is 14.7 Å². The van der Waals surface area contributed by atoms with Gasteiger partial charge in [0.25, 0.3) is 0 Å². The number of ether oxygens (including phenoxy) is 2. The van der Waals surface area contributed by atoms with Gasteiger partial charge in [-0.1, -0.05) is 6.08 Å². The van der Waals surface area contributed by atoms with E-state index in [1.165, 1.54) is 6.07 Å². The standard InChI is InChI=1S/C23H21NO6/c1-28-21-9-15-8-16(23(27)18(15)11-22(21)29-2)7-14-3-5-24(6-4-14)12-17-10-19(25)20(26)13-30-17/h3,5-7,9-11,13,16H,4,8,12H2,1-2H3/p+1. The van der Waals surface area contributed by atoms with Crippen molar-refractivity contribution in [3.8, 4) is 17.2 Å². The van der Waals surface area contributed by atoms with Gasteiger partial charge >= 0.3 is 0 Å². The van der Waals surface area contributed by atoms with Gasteiger partial charge in [-0.15, -0.1) is 0 Å². The van der Waals surface area contributed by atoms with Gasteiger partial charge in [0.1, 0.15) is 12.5 Å². The normalized spacial score (nSPS) is 19.0. The van der Waals surface area contributed by atoms with Crippen molar-refractivity contribution in [1.82, 2.24) is 0 Å². The molecule has 1 atom stereocenters. The SMILES string of the molecule is COc1cc2c(cc1OC)C(=O)C(C=C1C=C[N+](Cc3cc(=O)c(O)co3)=CC1)C2. The molecule has 2 heterocycles. The zero-order valence-corrected chi connectivity index (χ0v) is 16.8. The lowest BCUT2D eigenvalue weighted by Gasteiger charge is -2.09. The molecule has 0 saturated carbocycles. The monoisotopic (exact) mass is 408 g/mol. The van der Waals surface area contributed by atoms with E-state index in [2.05, 4.69) is 0 Å². The third-order valence-electron chi connectivity index (χ3n) is 5.31. The number of hydrogen-bond donors (Lipinski definition) is 1. The average molecular weight is 408 g/mol. The second kappa shape index (κ2) is 8.02. The average Bonchev–Trinajstić information content (AvgIpc) is 3.05. The summed E-state index contributed by atoms with van der Waals surface area (Å²) in [6.07, 6.45) is 10.1. The second-order valence-electron chi connectivity index (χ2n) is 7.25. The summed E-state index contributed by atoms with van der Waals surface area (Å²) in [7, 11) is 3.14. The maximum Gasteiger partial charge on any atom is 0.227 e. The summed E-state index contributed by atoms with van der Waals surface area (Å²) in [6.45, 7) is 0.382. The molecule has 1 unspecified atom stereocenters. The molecule has 0 saturated heterocycles. The van der Waals surface area contributed by atoms with Crippen molar-refractivity contribution >= 4 is 12.0 Å². The van der Waals surface area contributed by atoms with Crippen LogP contribution in [0.3, 0.4) is 0 Å². The summed E-state index contributed by atoms with van der Waals surface area (Å²) in [5.74, 6) is 1.10. The van der Waals surface area contributed by atoms with Gasteiger partial charge < -0.3 is 19.0 Å². The van der Waals surface area contributed by atoms with E-state index < -0.39 is 11.2 Å². The lowest BCUT2D eigenvalue weighted by Crippen LogP contribution is -2.13. The number of carbonyl (C=O) groups is 1. The summed E-state index contributed by atoms with van der Waals surface area (Å²) in [5, 5.41) is 9.27. The smallest absolute Gasteiger partial charge is 0.227 e. The largest absolute Gasteiger partial charge is 0.502 e. The molecule has 0 amide bonds. The molecule has 0 bridgehead atoms. The fourth-order valence-corrected chi connectivity index (χ4v) is 3.73. The predicted octanol–water partition coefficient (Wildman–Crippen LogP) is 2.84. The van der Waals surface area contributed by atoms with Crippen molar-refractivity contribution in [2.75, 3.05) is 14.2 Å². The van der Waals surface area contributed by atoms with Crippen molar-refractivity contribution < 1.29 is 28.4 Å². The van der Waals surface area contributed by atoms with Crippen LogP contribution < -0.4 is 14.9 Å². The highest BCUT2D eigenvalue weighted by Gasteiger charge is 2.31. The van der Waals surface area contributed by atoms with Gasteiger partial charge in [0, 0.05) is 23.6 Å². The minimum atomic E-state index is -0.467. The van der Waals surface area contributed by atoms with Gasteiger partial charge in [-0.05, 0) is 29.7 Å². The van der Waals surface area contributed by atoms with E-state index in [0.29, 0.717) is 42.2 Å². The number of nitrogens with zero attached hydrogens (tertiary/aromatic N) is 1. The number of fused-ring (bicyclic) bond motifs is 1. The molecule has 0 fully saturated rings. The van der Waals surface area contributed by atoms with E-state index >= 15 is 0 Å². The number of carbonyl (C=O) groups excluding carboxylic acids is 1. The molecular formula is C23H22NO6+. The van der Waals surface area contributed by atoms with Crippen LogP contribution in [-0.2, 0) is 13.0 Å². The lowest BCUT2D eigenvalue weighted by molar-refractivity contribution is -0.474. The van der Waals surface area contributed by atoms with Crippen molar-refractivity contribution in [2.24, 2.45) is 5.92 Å². The maximum absolute atomic E-state index is 12.9. The van der Waals surface area contributed by atoms with E-state index in [4.69, 9.17) is 13.9 Å². The fraction of sp³-hybridized carbons (Fsp3) is 0.261. The lowest BCUT2D eigenvalue weighted by atomic mass is 9.99. The molecule has 0 spiro atoms. The predicted molar refractivity (Wildman–Crippen MR) is 110 cm³/mol. The highest BCUT2D eigenvalue weighted by molar-refractivity contribution is 6.04. The van der Waals surface area contributed by atoms with Gasteiger partial charge in [0.2, 0.25) is 12.0 Å².